The van der Waals surface area contributed by atoms with Crippen LogP contribution in [0.25, 0.3) is 0 Å². The molecule has 0 bridgehead atoms. The summed E-state index contributed by atoms with van der Waals surface area (Å²) in [5.74, 6) is -0.383. The Kier molecular flexibility index (Phi) is 4.50. The molecule has 1 saturated heterocycles. The van der Waals surface area contributed by atoms with Gasteiger partial charge in [0.05, 0.1) is 11.6 Å². The van der Waals surface area contributed by atoms with Crippen molar-refractivity contribution in [3.63, 3.8) is 0 Å². The number of ether oxygens (including phenoxy) is 1. The monoisotopic (exact) mass is 379 g/mol. The summed E-state index contributed by atoms with van der Waals surface area (Å²) in [4.78, 5) is 38.2. The zero-order valence-corrected chi connectivity index (χ0v) is 15.7. The van der Waals surface area contributed by atoms with Crippen LogP contribution in [-0.4, -0.2) is 30.9 Å². The Morgan fingerprint density at radius 2 is 2.00 bits per heavy atom. The molecule has 3 amide bonds. The number of carbonyl (C=O) groups excluding carboxylic acids is 3. The Balaban J connectivity index is 1.46. The number of nitrogens with one attached hydrogen (secondary N) is 2. The van der Waals surface area contributed by atoms with Gasteiger partial charge >= 0.3 is 0 Å². The predicted octanol–water partition coefficient (Wildman–Crippen LogP) is 2.63. The van der Waals surface area contributed by atoms with Crippen molar-refractivity contribution in [2.24, 2.45) is 5.92 Å². The van der Waals surface area contributed by atoms with E-state index in [0.29, 0.717) is 23.7 Å². The second-order valence-corrected chi connectivity index (χ2v) is 7.23. The van der Waals surface area contributed by atoms with E-state index in [4.69, 9.17) is 4.74 Å². The van der Waals surface area contributed by atoms with Gasteiger partial charge in [0.15, 0.2) is 6.61 Å². The Bertz CT molecular complexity index is 986. The van der Waals surface area contributed by atoms with Crippen molar-refractivity contribution >= 4 is 34.8 Å². The summed E-state index contributed by atoms with van der Waals surface area (Å²) >= 11 is 0. The van der Waals surface area contributed by atoms with Crippen molar-refractivity contribution < 1.29 is 19.1 Å². The van der Waals surface area contributed by atoms with Gasteiger partial charge in [-0.05, 0) is 37.6 Å². The molecule has 0 radical (unpaired) electrons. The molecule has 4 rings (SSSR count). The Morgan fingerprint density at radius 3 is 2.79 bits per heavy atom. The van der Waals surface area contributed by atoms with Gasteiger partial charge in [-0.15, -0.1) is 0 Å². The SMILES string of the molecule is Cc1ccc(N2CC(C(=O)Nc3ccc4c(c3)OCC(=O)N4)CC2=O)c(C)c1. The molecule has 144 valence electrons. The number of hydrogen-bond acceptors (Lipinski definition) is 4. The van der Waals surface area contributed by atoms with E-state index in [2.05, 4.69) is 10.6 Å². The summed E-state index contributed by atoms with van der Waals surface area (Å²) < 4.78 is 5.37. The molecule has 2 aliphatic heterocycles. The van der Waals surface area contributed by atoms with Crippen LogP contribution in [0.4, 0.5) is 17.1 Å². The smallest absolute Gasteiger partial charge is 0.262 e. The lowest BCUT2D eigenvalue weighted by molar-refractivity contribution is -0.122. The molecule has 0 aromatic heterocycles. The number of anilines is 3. The average Bonchev–Trinajstić information content (AvgIpc) is 3.03. The minimum absolute atomic E-state index is 0.0492. The average molecular weight is 379 g/mol. The van der Waals surface area contributed by atoms with E-state index < -0.39 is 5.92 Å². The summed E-state index contributed by atoms with van der Waals surface area (Å²) in [5, 5.41) is 5.56. The zero-order chi connectivity index (χ0) is 19.8. The van der Waals surface area contributed by atoms with Crippen LogP contribution < -0.4 is 20.3 Å². The molecule has 7 heteroatoms. The summed E-state index contributed by atoms with van der Waals surface area (Å²) in [5.41, 5.74) is 4.14. The maximum atomic E-state index is 12.7. The molecule has 2 aromatic rings. The Labute approximate surface area is 162 Å². The fourth-order valence-electron chi connectivity index (χ4n) is 3.62. The van der Waals surface area contributed by atoms with E-state index in [-0.39, 0.29) is 30.7 Å². The van der Waals surface area contributed by atoms with Crippen LogP contribution in [0.1, 0.15) is 17.5 Å². The minimum Gasteiger partial charge on any atom is -0.482 e. The third-order valence-corrected chi connectivity index (χ3v) is 5.02. The van der Waals surface area contributed by atoms with Gasteiger partial charge in [0.2, 0.25) is 11.8 Å². The molecule has 0 aliphatic carbocycles. The predicted molar refractivity (Wildman–Crippen MR) is 106 cm³/mol. The zero-order valence-electron chi connectivity index (χ0n) is 15.7. The molecule has 2 N–H and O–H groups in total. The third kappa shape index (κ3) is 3.43. The lowest BCUT2D eigenvalue weighted by atomic mass is 10.1. The van der Waals surface area contributed by atoms with Gasteiger partial charge in [0.25, 0.3) is 5.91 Å². The van der Waals surface area contributed by atoms with Crippen molar-refractivity contribution in [1.29, 1.82) is 0 Å². The number of rotatable bonds is 3. The summed E-state index contributed by atoms with van der Waals surface area (Å²) in [6.07, 6.45) is 0.177. The largest absolute Gasteiger partial charge is 0.482 e. The molecule has 7 nitrogen and oxygen atoms in total. The standard InChI is InChI=1S/C21H21N3O4/c1-12-3-6-17(13(2)7-12)24-10-14(8-20(24)26)21(27)22-15-4-5-16-18(9-15)28-11-19(25)23-16/h3-7,9,14H,8,10-11H2,1-2H3,(H,22,27)(H,23,25). The van der Waals surface area contributed by atoms with Gasteiger partial charge in [-0.1, -0.05) is 17.7 Å². The van der Waals surface area contributed by atoms with Gasteiger partial charge in [0, 0.05) is 30.4 Å². The lowest BCUT2D eigenvalue weighted by Crippen LogP contribution is -2.29. The highest BCUT2D eigenvalue weighted by Crippen LogP contribution is 2.32. The molecule has 1 fully saturated rings. The van der Waals surface area contributed by atoms with E-state index >= 15 is 0 Å². The fraction of sp³-hybridized carbons (Fsp3) is 0.286. The number of carbonyl (C=O) groups is 3. The van der Waals surface area contributed by atoms with Crippen LogP contribution in [-0.2, 0) is 14.4 Å². The first-order chi connectivity index (χ1) is 13.4. The van der Waals surface area contributed by atoms with E-state index in [1.807, 2.05) is 32.0 Å². The molecule has 2 heterocycles. The highest BCUT2D eigenvalue weighted by atomic mass is 16.5. The molecular weight excluding hydrogens is 358 g/mol. The summed E-state index contributed by atoms with van der Waals surface area (Å²) in [6, 6.07) is 11.0. The van der Waals surface area contributed by atoms with E-state index in [1.165, 1.54) is 0 Å². The van der Waals surface area contributed by atoms with Gasteiger partial charge < -0.3 is 20.3 Å². The Hall–Kier alpha value is -3.35. The number of fused-ring (bicyclic) bond motifs is 1. The summed E-state index contributed by atoms with van der Waals surface area (Å²) in [7, 11) is 0. The molecular formula is C21H21N3O4. The van der Waals surface area contributed by atoms with Gasteiger partial charge in [-0.3, -0.25) is 14.4 Å². The third-order valence-electron chi connectivity index (χ3n) is 5.02. The maximum Gasteiger partial charge on any atom is 0.262 e. The maximum absolute atomic E-state index is 12.7. The normalized spacial score (nSPS) is 18.4. The van der Waals surface area contributed by atoms with Crippen LogP contribution in [0.15, 0.2) is 36.4 Å². The molecule has 1 unspecified atom stereocenters. The van der Waals surface area contributed by atoms with Crippen LogP contribution in [0, 0.1) is 19.8 Å². The van der Waals surface area contributed by atoms with Crippen LogP contribution in [0.3, 0.4) is 0 Å². The first-order valence-electron chi connectivity index (χ1n) is 9.16. The topological polar surface area (TPSA) is 87.7 Å². The number of amides is 3. The van der Waals surface area contributed by atoms with Crippen LogP contribution in [0.5, 0.6) is 5.75 Å². The van der Waals surface area contributed by atoms with Crippen molar-refractivity contribution in [2.45, 2.75) is 20.3 Å². The summed E-state index contributed by atoms with van der Waals surface area (Å²) in [6.45, 7) is 4.28. The van der Waals surface area contributed by atoms with Crippen LogP contribution >= 0.6 is 0 Å². The van der Waals surface area contributed by atoms with Gasteiger partial charge in [-0.25, -0.2) is 0 Å². The Morgan fingerprint density at radius 1 is 1.18 bits per heavy atom. The van der Waals surface area contributed by atoms with Crippen molar-refractivity contribution in [3.8, 4) is 5.75 Å². The number of aryl methyl sites for hydroxylation is 2. The molecule has 1 atom stereocenters. The van der Waals surface area contributed by atoms with Crippen molar-refractivity contribution in [2.75, 3.05) is 28.7 Å². The van der Waals surface area contributed by atoms with Crippen molar-refractivity contribution in [1.82, 2.24) is 0 Å². The number of benzene rings is 2. The van der Waals surface area contributed by atoms with E-state index in [9.17, 15) is 14.4 Å². The second-order valence-electron chi connectivity index (χ2n) is 7.23. The first-order valence-corrected chi connectivity index (χ1v) is 9.16. The molecule has 0 spiro atoms. The highest BCUT2D eigenvalue weighted by molar-refractivity contribution is 6.04. The first kappa shape index (κ1) is 18.0. The number of hydrogen-bond donors (Lipinski definition) is 2. The van der Waals surface area contributed by atoms with E-state index in [0.717, 1.165) is 16.8 Å². The van der Waals surface area contributed by atoms with Crippen molar-refractivity contribution in [3.05, 3.63) is 47.5 Å². The van der Waals surface area contributed by atoms with Gasteiger partial charge in [0.1, 0.15) is 5.75 Å². The van der Waals surface area contributed by atoms with Crippen LogP contribution in [0.2, 0.25) is 0 Å². The van der Waals surface area contributed by atoms with E-state index in [1.54, 1.807) is 23.1 Å². The minimum atomic E-state index is -0.426. The molecule has 2 aliphatic rings. The lowest BCUT2D eigenvalue weighted by Gasteiger charge is -2.20. The van der Waals surface area contributed by atoms with Gasteiger partial charge in [-0.2, -0.15) is 0 Å². The molecule has 0 saturated carbocycles. The number of nitrogens with zero attached hydrogens (tertiary/aromatic N) is 1. The second kappa shape index (κ2) is 6.99. The highest BCUT2D eigenvalue weighted by Gasteiger charge is 2.35. The quantitative estimate of drug-likeness (QED) is 0.858. The molecule has 2 aromatic carbocycles. The molecule has 28 heavy (non-hydrogen) atoms. The fourth-order valence-corrected chi connectivity index (χ4v) is 3.62.